The number of hydrogen-bond acceptors (Lipinski definition) is 3. The zero-order valence-electron chi connectivity index (χ0n) is 14.1. The van der Waals surface area contributed by atoms with Crippen LogP contribution in [0, 0.1) is 6.92 Å². The Kier molecular flexibility index (Phi) is 5.66. The van der Waals surface area contributed by atoms with Crippen molar-refractivity contribution in [2.75, 3.05) is 11.9 Å². The second-order valence-electron chi connectivity index (χ2n) is 6.30. The first-order valence-corrected chi connectivity index (χ1v) is 9.49. The number of carbonyl (C=O) groups is 2. The molecule has 1 aliphatic rings. The highest BCUT2D eigenvalue weighted by molar-refractivity contribution is 9.09. The van der Waals surface area contributed by atoms with Crippen LogP contribution in [-0.4, -0.2) is 29.6 Å². The van der Waals surface area contributed by atoms with Crippen molar-refractivity contribution in [3.63, 3.8) is 0 Å². The lowest BCUT2D eigenvalue weighted by molar-refractivity contribution is -0.119. The molecular weight excluding hydrogens is 380 g/mol. The van der Waals surface area contributed by atoms with Crippen molar-refractivity contribution < 1.29 is 9.59 Å². The summed E-state index contributed by atoms with van der Waals surface area (Å²) >= 11 is 3.25. The highest BCUT2D eigenvalue weighted by Crippen LogP contribution is 2.26. The number of amides is 1. The van der Waals surface area contributed by atoms with E-state index < -0.39 is 6.04 Å². The predicted octanol–water partition coefficient (Wildman–Crippen LogP) is 2.94. The van der Waals surface area contributed by atoms with Crippen LogP contribution in [0.25, 0.3) is 0 Å². The van der Waals surface area contributed by atoms with Crippen LogP contribution in [0.3, 0.4) is 0 Å². The van der Waals surface area contributed by atoms with Gasteiger partial charge in [0.15, 0.2) is 5.78 Å². The maximum Gasteiger partial charge on any atom is 0.251 e. The monoisotopic (exact) mass is 400 g/mol. The van der Waals surface area contributed by atoms with Crippen molar-refractivity contribution in [3.05, 3.63) is 70.8 Å². The predicted molar refractivity (Wildman–Crippen MR) is 102 cm³/mol. The molecule has 0 bridgehead atoms. The Bertz CT molecular complexity index is 774. The minimum Gasteiger partial charge on any atom is -0.340 e. The fourth-order valence-electron chi connectivity index (χ4n) is 3.20. The minimum atomic E-state index is -0.616. The van der Waals surface area contributed by atoms with E-state index in [1.54, 1.807) is 12.1 Å². The van der Waals surface area contributed by atoms with Crippen LogP contribution in [0.5, 0.6) is 0 Å². The van der Waals surface area contributed by atoms with Gasteiger partial charge in [-0.1, -0.05) is 57.9 Å². The number of halogens is 1. The molecule has 2 N–H and O–H groups in total. The molecule has 3 rings (SSSR count). The van der Waals surface area contributed by atoms with Gasteiger partial charge in [-0.3, -0.25) is 9.59 Å². The van der Waals surface area contributed by atoms with Gasteiger partial charge in [0.25, 0.3) is 5.91 Å². The zero-order chi connectivity index (χ0) is 17.8. The number of nitrogens with one attached hydrogen (secondary N) is 2. The lowest BCUT2D eigenvalue weighted by atomic mass is 9.88. The molecule has 5 heteroatoms. The smallest absolute Gasteiger partial charge is 0.251 e. The van der Waals surface area contributed by atoms with E-state index in [1.807, 2.05) is 37.3 Å². The Labute approximate surface area is 156 Å². The van der Waals surface area contributed by atoms with E-state index in [1.165, 1.54) is 5.56 Å². The minimum absolute atomic E-state index is 0.0466. The molecule has 0 saturated heterocycles. The molecule has 130 valence electrons. The van der Waals surface area contributed by atoms with Crippen LogP contribution >= 0.6 is 15.9 Å². The largest absolute Gasteiger partial charge is 0.340 e. The third kappa shape index (κ3) is 3.99. The number of rotatable bonds is 5. The first-order chi connectivity index (χ1) is 12.1. The number of aryl methyl sites for hydroxylation is 1. The van der Waals surface area contributed by atoms with Gasteiger partial charge in [-0.05, 0) is 43.1 Å². The Morgan fingerprint density at radius 1 is 1.20 bits per heavy atom. The van der Waals surface area contributed by atoms with Crippen molar-refractivity contribution in [2.24, 2.45) is 0 Å². The van der Waals surface area contributed by atoms with Crippen LogP contribution < -0.4 is 10.6 Å². The quantitative estimate of drug-likeness (QED) is 0.758. The van der Waals surface area contributed by atoms with Gasteiger partial charge in [0.1, 0.15) is 6.04 Å². The molecule has 2 aromatic carbocycles. The second kappa shape index (κ2) is 7.93. The van der Waals surface area contributed by atoms with Crippen molar-refractivity contribution in [2.45, 2.75) is 25.4 Å². The van der Waals surface area contributed by atoms with E-state index in [0.29, 0.717) is 5.56 Å². The van der Waals surface area contributed by atoms with Crippen molar-refractivity contribution in [3.8, 4) is 0 Å². The molecule has 1 amide bonds. The Balaban J connectivity index is 1.87. The van der Waals surface area contributed by atoms with E-state index in [2.05, 4.69) is 32.6 Å². The summed E-state index contributed by atoms with van der Waals surface area (Å²) in [5.41, 5.74) is 3.95. The maximum absolute atomic E-state index is 12.6. The molecular formula is C20H21BrN2O2. The van der Waals surface area contributed by atoms with Crippen LogP contribution in [-0.2, 0) is 11.2 Å². The summed E-state index contributed by atoms with van der Waals surface area (Å²) < 4.78 is 0. The molecule has 4 nitrogen and oxygen atoms in total. The Morgan fingerprint density at radius 2 is 1.92 bits per heavy atom. The Hall–Kier alpha value is -1.98. The summed E-state index contributed by atoms with van der Waals surface area (Å²) in [5.74, 6) is -0.279. The van der Waals surface area contributed by atoms with Crippen molar-refractivity contribution >= 4 is 27.6 Å². The molecule has 0 fully saturated rings. The van der Waals surface area contributed by atoms with Gasteiger partial charge in [0.2, 0.25) is 0 Å². The number of hydrogen-bond donors (Lipinski definition) is 2. The van der Waals surface area contributed by atoms with Gasteiger partial charge in [0, 0.05) is 5.56 Å². The third-order valence-electron chi connectivity index (χ3n) is 4.56. The fraction of sp³-hybridized carbons (Fsp3) is 0.300. The second-order valence-corrected chi connectivity index (χ2v) is 6.86. The van der Waals surface area contributed by atoms with E-state index >= 15 is 0 Å². The molecule has 0 saturated carbocycles. The van der Waals surface area contributed by atoms with Gasteiger partial charge in [-0.15, -0.1) is 0 Å². The number of benzene rings is 2. The van der Waals surface area contributed by atoms with Gasteiger partial charge in [0.05, 0.1) is 11.4 Å². The SMILES string of the molecule is Cc1ccc(C(=O)NC(C(=O)CBr)C2NCCc3ccccc32)cc1. The molecule has 0 spiro atoms. The highest BCUT2D eigenvalue weighted by Gasteiger charge is 2.33. The summed E-state index contributed by atoms with van der Waals surface area (Å²) in [4.78, 5) is 25.2. The zero-order valence-corrected chi connectivity index (χ0v) is 15.7. The molecule has 0 radical (unpaired) electrons. The molecule has 1 heterocycles. The molecule has 2 aromatic rings. The third-order valence-corrected chi connectivity index (χ3v) is 5.11. The molecule has 0 aromatic heterocycles. The Morgan fingerprint density at radius 3 is 2.64 bits per heavy atom. The molecule has 2 unspecified atom stereocenters. The molecule has 0 aliphatic carbocycles. The first kappa shape index (κ1) is 17.8. The molecule has 25 heavy (non-hydrogen) atoms. The van der Waals surface area contributed by atoms with E-state index in [9.17, 15) is 9.59 Å². The average molecular weight is 401 g/mol. The van der Waals surface area contributed by atoms with Crippen LogP contribution in [0.1, 0.15) is 33.1 Å². The standard InChI is InChI=1S/C20H21BrN2O2/c1-13-6-8-15(9-7-13)20(25)23-19(17(24)12-21)18-16-5-3-2-4-14(16)10-11-22-18/h2-9,18-19,22H,10-12H2,1H3,(H,23,25). The first-order valence-electron chi connectivity index (χ1n) is 8.37. The van der Waals surface area contributed by atoms with Crippen LogP contribution in [0.4, 0.5) is 0 Å². The highest BCUT2D eigenvalue weighted by atomic mass is 79.9. The fourth-order valence-corrected chi connectivity index (χ4v) is 3.55. The van der Waals surface area contributed by atoms with E-state index in [-0.39, 0.29) is 23.1 Å². The van der Waals surface area contributed by atoms with Gasteiger partial charge in [-0.25, -0.2) is 0 Å². The number of alkyl halides is 1. The normalized spacial score (nSPS) is 17.4. The lowest BCUT2D eigenvalue weighted by Crippen LogP contribution is -2.51. The van der Waals surface area contributed by atoms with E-state index in [4.69, 9.17) is 0 Å². The van der Waals surface area contributed by atoms with E-state index in [0.717, 1.165) is 24.1 Å². The summed E-state index contributed by atoms with van der Waals surface area (Å²) in [6.45, 7) is 2.76. The number of fused-ring (bicyclic) bond motifs is 1. The topological polar surface area (TPSA) is 58.2 Å². The summed E-state index contributed by atoms with van der Waals surface area (Å²) in [5, 5.41) is 6.53. The average Bonchev–Trinajstić information content (AvgIpc) is 2.65. The van der Waals surface area contributed by atoms with Gasteiger partial charge < -0.3 is 10.6 Å². The summed E-state index contributed by atoms with van der Waals surface area (Å²) in [6, 6.07) is 14.6. The lowest BCUT2D eigenvalue weighted by Gasteiger charge is -2.33. The maximum atomic E-state index is 12.6. The molecule has 1 aliphatic heterocycles. The summed E-state index contributed by atoms with van der Waals surface area (Å²) in [6.07, 6.45) is 0.924. The van der Waals surface area contributed by atoms with Gasteiger partial charge in [-0.2, -0.15) is 0 Å². The van der Waals surface area contributed by atoms with Crippen LogP contribution in [0.15, 0.2) is 48.5 Å². The van der Waals surface area contributed by atoms with Crippen molar-refractivity contribution in [1.82, 2.24) is 10.6 Å². The van der Waals surface area contributed by atoms with Crippen LogP contribution in [0.2, 0.25) is 0 Å². The van der Waals surface area contributed by atoms with Gasteiger partial charge >= 0.3 is 0 Å². The molecule has 2 atom stereocenters. The summed E-state index contributed by atoms with van der Waals surface area (Å²) in [7, 11) is 0. The number of Topliss-reactive ketones (excluding diaryl/α,β-unsaturated/α-hetero) is 1. The number of ketones is 1. The number of carbonyl (C=O) groups excluding carboxylic acids is 2. The van der Waals surface area contributed by atoms with Crippen molar-refractivity contribution in [1.29, 1.82) is 0 Å².